The Morgan fingerprint density at radius 2 is 1.81 bits per heavy atom. The molecule has 0 unspecified atom stereocenters. The lowest BCUT2D eigenvalue weighted by Gasteiger charge is -2.15. The van der Waals surface area contributed by atoms with Crippen LogP contribution in [0.1, 0.15) is 43.0 Å². The van der Waals surface area contributed by atoms with Crippen molar-refractivity contribution >= 4 is 6.08 Å². The molecule has 0 heteroatoms. The van der Waals surface area contributed by atoms with Crippen molar-refractivity contribution in [3.05, 3.63) is 64.2 Å². The second kappa shape index (κ2) is 5.52. The minimum Gasteiger partial charge on any atom is -0.0626 e. The predicted molar refractivity (Wildman–Crippen MR) is 92.5 cm³/mol. The van der Waals surface area contributed by atoms with E-state index >= 15 is 0 Å². The Morgan fingerprint density at radius 1 is 1.05 bits per heavy atom. The predicted octanol–water partition coefficient (Wildman–Crippen LogP) is 5.82. The van der Waals surface area contributed by atoms with Crippen LogP contribution in [0.3, 0.4) is 0 Å². The summed E-state index contributed by atoms with van der Waals surface area (Å²) in [6.45, 7) is 9.07. The number of hydrogen-bond donors (Lipinski definition) is 0. The molecular formula is C21H24. The molecule has 0 spiro atoms. The summed E-state index contributed by atoms with van der Waals surface area (Å²) in [6.07, 6.45) is 4.64. The maximum absolute atomic E-state index is 2.44. The van der Waals surface area contributed by atoms with Gasteiger partial charge in [0.2, 0.25) is 0 Å². The Bertz CT molecular complexity index is 702. The van der Waals surface area contributed by atoms with Crippen LogP contribution < -0.4 is 0 Å². The summed E-state index contributed by atoms with van der Waals surface area (Å²) in [5.41, 5.74) is 10.2. The van der Waals surface area contributed by atoms with E-state index in [4.69, 9.17) is 0 Å². The smallest absolute Gasteiger partial charge is 0.00550 e. The second-order valence-electron chi connectivity index (χ2n) is 6.39. The van der Waals surface area contributed by atoms with Crippen molar-refractivity contribution in [2.45, 2.75) is 40.5 Å². The van der Waals surface area contributed by atoms with Gasteiger partial charge in [-0.2, -0.15) is 0 Å². The van der Waals surface area contributed by atoms with Crippen LogP contribution in [0.25, 0.3) is 17.2 Å². The van der Waals surface area contributed by atoms with Gasteiger partial charge in [0, 0.05) is 0 Å². The molecule has 0 N–H and O–H groups in total. The molecule has 0 saturated carbocycles. The fourth-order valence-electron chi connectivity index (χ4n) is 3.35. The fourth-order valence-corrected chi connectivity index (χ4v) is 3.35. The van der Waals surface area contributed by atoms with Crippen LogP contribution in [-0.2, 0) is 12.8 Å². The first-order valence-electron chi connectivity index (χ1n) is 8.03. The van der Waals surface area contributed by atoms with Crippen LogP contribution in [0, 0.1) is 12.8 Å². The van der Waals surface area contributed by atoms with Gasteiger partial charge in [-0.25, -0.2) is 0 Å². The highest BCUT2D eigenvalue weighted by Crippen LogP contribution is 2.39. The van der Waals surface area contributed by atoms with Crippen molar-refractivity contribution in [3.63, 3.8) is 0 Å². The van der Waals surface area contributed by atoms with Gasteiger partial charge in [-0.3, -0.25) is 0 Å². The summed E-state index contributed by atoms with van der Waals surface area (Å²) in [6, 6.07) is 13.5. The van der Waals surface area contributed by atoms with Gasteiger partial charge in [-0.05, 0) is 59.1 Å². The molecule has 0 fully saturated rings. The molecule has 0 atom stereocenters. The monoisotopic (exact) mass is 276 g/mol. The van der Waals surface area contributed by atoms with Gasteiger partial charge in [0.15, 0.2) is 0 Å². The standard InChI is InChI=1S/C21H24/c1-5-16-8-6-7-9-19(16)21-15(4)10-11-17-12-18(14(2)3)13-20(17)21/h6-11,13-14H,5,12H2,1-4H3. The Kier molecular flexibility index (Phi) is 3.71. The maximum Gasteiger partial charge on any atom is -0.00550 e. The Morgan fingerprint density at radius 3 is 2.52 bits per heavy atom. The van der Waals surface area contributed by atoms with E-state index in [9.17, 15) is 0 Å². The van der Waals surface area contributed by atoms with Gasteiger partial charge >= 0.3 is 0 Å². The van der Waals surface area contributed by atoms with Gasteiger partial charge in [0.1, 0.15) is 0 Å². The maximum atomic E-state index is 2.44. The zero-order valence-electron chi connectivity index (χ0n) is 13.5. The van der Waals surface area contributed by atoms with Crippen LogP contribution in [0.15, 0.2) is 42.0 Å². The molecule has 0 aromatic heterocycles. The van der Waals surface area contributed by atoms with Crippen LogP contribution >= 0.6 is 0 Å². The third kappa shape index (κ3) is 2.44. The summed E-state index contributed by atoms with van der Waals surface area (Å²) in [5, 5.41) is 0. The molecular weight excluding hydrogens is 252 g/mol. The van der Waals surface area contributed by atoms with E-state index in [1.54, 1.807) is 5.57 Å². The first kappa shape index (κ1) is 14.1. The number of rotatable bonds is 3. The minimum absolute atomic E-state index is 0.631. The van der Waals surface area contributed by atoms with Gasteiger partial charge in [-0.15, -0.1) is 0 Å². The third-order valence-corrected chi connectivity index (χ3v) is 4.68. The zero-order chi connectivity index (χ0) is 15.0. The van der Waals surface area contributed by atoms with E-state index in [0.29, 0.717) is 5.92 Å². The zero-order valence-corrected chi connectivity index (χ0v) is 13.5. The lowest BCUT2D eigenvalue weighted by molar-refractivity contribution is 0.754. The number of fused-ring (bicyclic) bond motifs is 1. The Hall–Kier alpha value is -1.82. The summed E-state index contributed by atoms with van der Waals surface area (Å²) >= 11 is 0. The van der Waals surface area contributed by atoms with E-state index < -0.39 is 0 Å². The van der Waals surface area contributed by atoms with E-state index in [-0.39, 0.29) is 0 Å². The summed E-state index contributed by atoms with van der Waals surface area (Å²) < 4.78 is 0. The fraction of sp³-hybridized carbons (Fsp3) is 0.333. The molecule has 0 bridgehead atoms. The minimum atomic E-state index is 0.631. The molecule has 0 saturated heterocycles. The van der Waals surface area contributed by atoms with Crippen LogP contribution in [0.4, 0.5) is 0 Å². The highest BCUT2D eigenvalue weighted by Gasteiger charge is 2.20. The number of hydrogen-bond acceptors (Lipinski definition) is 0. The number of allylic oxidation sites excluding steroid dienone is 1. The largest absolute Gasteiger partial charge is 0.0626 e. The van der Waals surface area contributed by atoms with E-state index in [2.05, 4.69) is 70.2 Å². The van der Waals surface area contributed by atoms with Crippen molar-refractivity contribution in [3.8, 4) is 11.1 Å². The molecule has 21 heavy (non-hydrogen) atoms. The SMILES string of the molecule is CCc1ccccc1-c1c(C)ccc2c1C=C(C(C)C)C2. The van der Waals surface area contributed by atoms with Gasteiger partial charge in [0.05, 0.1) is 0 Å². The molecule has 1 aliphatic carbocycles. The first-order chi connectivity index (χ1) is 10.1. The van der Waals surface area contributed by atoms with Crippen molar-refractivity contribution < 1.29 is 0 Å². The molecule has 3 rings (SSSR count). The molecule has 2 aromatic rings. The number of benzene rings is 2. The van der Waals surface area contributed by atoms with Crippen LogP contribution in [0.2, 0.25) is 0 Å². The van der Waals surface area contributed by atoms with Gasteiger partial charge in [0.25, 0.3) is 0 Å². The average molecular weight is 276 g/mol. The second-order valence-corrected chi connectivity index (χ2v) is 6.39. The first-order valence-corrected chi connectivity index (χ1v) is 8.03. The van der Waals surface area contributed by atoms with Crippen molar-refractivity contribution in [2.75, 3.05) is 0 Å². The van der Waals surface area contributed by atoms with Crippen molar-refractivity contribution in [1.29, 1.82) is 0 Å². The molecule has 0 amide bonds. The molecule has 1 aliphatic rings. The van der Waals surface area contributed by atoms with Crippen molar-refractivity contribution in [1.82, 2.24) is 0 Å². The molecule has 2 aromatic carbocycles. The topological polar surface area (TPSA) is 0 Å². The number of aryl methyl sites for hydroxylation is 2. The molecule has 108 valence electrons. The highest BCUT2D eigenvalue weighted by atomic mass is 14.2. The normalized spacial score (nSPS) is 13.5. The van der Waals surface area contributed by atoms with Crippen LogP contribution in [0.5, 0.6) is 0 Å². The lowest BCUT2D eigenvalue weighted by Crippen LogP contribution is -1.95. The summed E-state index contributed by atoms with van der Waals surface area (Å²) in [5.74, 6) is 0.631. The lowest BCUT2D eigenvalue weighted by atomic mass is 9.89. The van der Waals surface area contributed by atoms with Gasteiger partial charge < -0.3 is 0 Å². The quantitative estimate of drug-likeness (QED) is 0.662. The van der Waals surface area contributed by atoms with Gasteiger partial charge in [-0.1, -0.05) is 68.8 Å². The molecule has 0 nitrogen and oxygen atoms in total. The van der Waals surface area contributed by atoms with E-state index in [0.717, 1.165) is 12.8 Å². The highest BCUT2D eigenvalue weighted by molar-refractivity contribution is 5.84. The summed E-state index contributed by atoms with van der Waals surface area (Å²) in [4.78, 5) is 0. The average Bonchev–Trinajstić information content (AvgIpc) is 2.91. The summed E-state index contributed by atoms with van der Waals surface area (Å²) in [7, 11) is 0. The third-order valence-electron chi connectivity index (χ3n) is 4.68. The van der Waals surface area contributed by atoms with Crippen molar-refractivity contribution in [2.24, 2.45) is 5.92 Å². The Balaban J connectivity index is 2.23. The molecule has 0 heterocycles. The molecule has 0 radical (unpaired) electrons. The van der Waals surface area contributed by atoms with E-state index in [1.807, 2.05) is 0 Å². The molecule has 0 aliphatic heterocycles. The van der Waals surface area contributed by atoms with Crippen LogP contribution in [-0.4, -0.2) is 0 Å². The Labute approximate surface area is 128 Å². The van der Waals surface area contributed by atoms with E-state index in [1.165, 1.54) is 33.4 Å².